The van der Waals surface area contributed by atoms with Gasteiger partial charge in [-0.05, 0) is 36.4 Å². The van der Waals surface area contributed by atoms with E-state index in [4.69, 9.17) is 4.55 Å². The van der Waals surface area contributed by atoms with Gasteiger partial charge in [-0.2, -0.15) is 18.6 Å². The zero-order valence-electron chi connectivity index (χ0n) is 14.2. The van der Waals surface area contributed by atoms with E-state index in [-0.39, 0.29) is 33.5 Å². The first-order valence-corrected chi connectivity index (χ1v) is 9.29. The quantitative estimate of drug-likeness (QED) is 0.401. The van der Waals surface area contributed by atoms with Crippen LogP contribution in [0.25, 0.3) is 0 Å². The Kier molecular flexibility index (Phi) is 5.43. The van der Waals surface area contributed by atoms with Gasteiger partial charge in [0.15, 0.2) is 0 Å². The van der Waals surface area contributed by atoms with Gasteiger partial charge in [0.1, 0.15) is 22.9 Å². The average molecular weight is 398 g/mol. The van der Waals surface area contributed by atoms with Crippen molar-refractivity contribution in [2.75, 3.05) is 0 Å². The fourth-order valence-electron chi connectivity index (χ4n) is 2.12. The molecule has 0 saturated heterocycles. The van der Waals surface area contributed by atoms with Crippen LogP contribution in [0.2, 0.25) is 0 Å². The molecule has 0 bridgehead atoms. The van der Waals surface area contributed by atoms with Crippen molar-refractivity contribution in [2.24, 2.45) is 20.5 Å². The van der Waals surface area contributed by atoms with Gasteiger partial charge >= 0.3 is 0 Å². The molecule has 0 saturated carbocycles. The van der Waals surface area contributed by atoms with Crippen molar-refractivity contribution < 1.29 is 23.2 Å². The molecular formula is C18H14N4O5S. The van der Waals surface area contributed by atoms with E-state index in [1.165, 1.54) is 30.3 Å². The van der Waals surface area contributed by atoms with Crippen LogP contribution in [-0.2, 0) is 10.1 Å². The molecular weight excluding hydrogens is 384 g/mol. The van der Waals surface area contributed by atoms with Crippen molar-refractivity contribution >= 4 is 32.9 Å². The Bertz CT molecular complexity index is 1140. The zero-order chi connectivity index (χ0) is 20.1. The summed E-state index contributed by atoms with van der Waals surface area (Å²) in [4.78, 5) is -0.275. The lowest BCUT2D eigenvalue weighted by atomic mass is 10.2. The molecule has 0 fully saturated rings. The van der Waals surface area contributed by atoms with E-state index in [0.717, 1.165) is 6.07 Å². The van der Waals surface area contributed by atoms with Gasteiger partial charge in [-0.1, -0.05) is 18.2 Å². The van der Waals surface area contributed by atoms with E-state index in [0.29, 0.717) is 5.69 Å². The minimum Gasteiger partial charge on any atom is -0.505 e. The summed E-state index contributed by atoms with van der Waals surface area (Å²) in [7, 11) is -4.30. The van der Waals surface area contributed by atoms with Crippen LogP contribution in [0.4, 0.5) is 22.7 Å². The molecule has 0 radical (unpaired) electrons. The van der Waals surface area contributed by atoms with Gasteiger partial charge in [-0.15, -0.1) is 10.2 Å². The highest BCUT2D eigenvalue weighted by Gasteiger charge is 2.10. The monoisotopic (exact) mass is 398 g/mol. The Labute approximate surface area is 160 Å². The lowest BCUT2D eigenvalue weighted by Crippen LogP contribution is -1.96. The first-order valence-electron chi connectivity index (χ1n) is 7.85. The highest BCUT2D eigenvalue weighted by Crippen LogP contribution is 2.39. The molecule has 142 valence electrons. The highest BCUT2D eigenvalue weighted by atomic mass is 32.2. The summed E-state index contributed by atoms with van der Waals surface area (Å²) in [5.41, 5.74) is 0.973. The standard InChI is InChI=1S/C18H14N4O5S/c23-17-11-18(24)16(10-15(17)21-19-12-4-2-1-3-5-12)22-20-13-6-8-14(9-7-13)28(25,26)27/h1-11,23-24H,(H,25,26,27). The summed E-state index contributed by atoms with van der Waals surface area (Å²) in [5, 5.41) is 35.5. The summed E-state index contributed by atoms with van der Waals surface area (Å²) in [6, 6.07) is 16.2. The van der Waals surface area contributed by atoms with Crippen LogP contribution in [0.15, 0.2) is 92.1 Å². The first kappa shape index (κ1) is 19.1. The molecule has 0 aliphatic carbocycles. The predicted octanol–water partition coefficient (Wildman–Crippen LogP) is 5.18. The van der Waals surface area contributed by atoms with Gasteiger partial charge in [0.25, 0.3) is 10.1 Å². The molecule has 3 aromatic rings. The number of phenols is 2. The van der Waals surface area contributed by atoms with Crippen LogP contribution in [-0.4, -0.2) is 23.2 Å². The van der Waals surface area contributed by atoms with Crippen molar-refractivity contribution in [3.63, 3.8) is 0 Å². The Morgan fingerprint density at radius 3 is 1.64 bits per heavy atom. The van der Waals surface area contributed by atoms with E-state index in [1.807, 2.05) is 6.07 Å². The summed E-state index contributed by atoms with van der Waals surface area (Å²) in [6.45, 7) is 0. The smallest absolute Gasteiger partial charge is 0.294 e. The van der Waals surface area contributed by atoms with Gasteiger partial charge in [-0.3, -0.25) is 4.55 Å². The number of hydrogen-bond acceptors (Lipinski definition) is 8. The van der Waals surface area contributed by atoms with E-state index >= 15 is 0 Å². The average Bonchev–Trinajstić information content (AvgIpc) is 2.67. The molecule has 28 heavy (non-hydrogen) atoms. The fraction of sp³-hybridized carbons (Fsp3) is 0. The van der Waals surface area contributed by atoms with Crippen molar-refractivity contribution in [1.29, 1.82) is 0 Å². The van der Waals surface area contributed by atoms with Crippen molar-refractivity contribution in [1.82, 2.24) is 0 Å². The third-order valence-corrected chi connectivity index (χ3v) is 4.38. The molecule has 0 amide bonds. The van der Waals surface area contributed by atoms with E-state index in [9.17, 15) is 18.6 Å². The van der Waals surface area contributed by atoms with Crippen LogP contribution in [0.3, 0.4) is 0 Å². The minimum absolute atomic E-state index is 0.0265. The van der Waals surface area contributed by atoms with Crippen molar-refractivity contribution in [3.05, 3.63) is 66.7 Å². The molecule has 3 N–H and O–H groups in total. The van der Waals surface area contributed by atoms with E-state index in [1.54, 1.807) is 24.3 Å². The SMILES string of the molecule is O=S(=O)(O)c1ccc(N=Nc2cc(N=Nc3ccccc3)c(O)cc2O)cc1. The molecule has 0 aliphatic rings. The molecule has 0 heterocycles. The number of phenolic OH excluding ortho intramolecular Hbond substituents is 2. The number of aromatic hydroxyl groups is 2. The molecule has 0 spiro atoms. The summed E-state index contributed by atoms with van der Waals surface area (Å²) in [6.07, 6.45) is 0. The van der Waals surface area contributed by atoms with Gasteiger partial charge in [0.2, 0.25) is 0 Å². The number of hydrogen-bond donors (Lipinski definition) is 3. The van der Waals surface area contributed by atoms with Gasteiger partial charge in [0.05, 0.1) is 16.3 Å². The second kappa shape index (κ2) is 7.94. The lowest BCUT2D eigenvalue weighted by Gasteiger charge is -2.02. The normalized spacial score (nSPS) is 12.0. The second-order valence-electron chi connectivity index (χ2n) is 5.53. The highest BCUT2D eigenvalue weighted by molar-refractivity contribution is 7.85. The Hall–Kier alpha value is -3.63. The van der Waals surface area contributed by atoms with Crippen LogP contribution in [0.1, 0.15) is 0 Å². The Morgan fingerprint density at radius 2 is 1.14 bits per heavy atom. The molecule has 0 aromatic heterocycles. The van der Waals surface area contributed by atoms with E-state index in [2.05, 4.69) is 20.5 Å². The molecule has 9 nitrogen and oxygen atoms in total. The molecule has 0 aliphatic heterocycles. The minimum atomic E-state index is -4.30. The number of rotatable bonds is 5. The molecule has 0 atom stereocenters. The van der Waals surface area contributed by atoms with Crippen LogP contribution < -0.4 is 0 Å². The summed E-state index contributed by atoms with van der Waals surface area (Å²) < 4.78 is 31.0. The van der Waals surface area contributed by atoms with Gasteiger partial charge in [-0.25, -0.2) is 0 Å². The third kappa shape index (κ3) is 4.75. The third-order valence-electron chi connectivity index (χ3n) is 3.51. The maximum Gasteiger partial charge on any atom is 0.294 e. The Balaban J connectivity index is 1.86. The van der Waals surface area contributed by atoms with Crippen molar-refractivity contribution in [2.45, 2.75) is 4.90 Å². The zero-order valence-corrected chi connectivity index (χ0v) is 15.0. The predicted molar refractivity (Wildman–Crippen MR) is 101 cm³/mol. The molecule has 3 rings (SSSR count). The molecule has 3 aromatic carbocycles. The second-order valence-corrected chi connectivity index (χ2v) is 6.96. The van der Waals surface area contributed by atoms with Crippen LogP contribution >= 0.6 is 0 Å². The van der Waals surface area contributed by atoms with E-state index < -0.39 is 10.1 Å². The van der Waals surface area contributed by atoms with Gasteiger partial charge in [0, 0.05) is 12.1 Å². The van der Waals surface area contributed by atoms with Crippen LogP contribution in [0.5, 0.6) is 11.5 Å². The molecule has 10 heteroatoms. The topological polar surface area (TPSA) is 144 Å². The molecule has 0 unspecified atom stereocenters. The summed E-state index contributed by atoms with van der Waals surface area (Å²) in [5.74, 6) is -0.608. The first-order chi connectivity index (χ1) is 13.3. The number of nitrogens with zero attached hydrogens (tertiary/aromatic N) is 4. The number of benzene rings is 3. The largest absolute Gasteiger partial charge is 0.505 e. The maximum atomic E-state index is 11.0. The lowest BCUT2D eigenvalue weighted by molar-refractivity contribution is 0.452. The van der Waals surface area contributed by atoms with Crippen molar-refractivity contribution in [3.8, 4) is 11.5 Å². The van der Waals surface area contributed by atoms with Crippen LogP contribution in [0, 0.1) is 0 Å². The summed E-state index contributed by atoms with van der Waals surface area (Å²) >= 11 is 0. The fourth-order valence-corrected chi connectivity index (χ4v) is 2.60. The maximum absolute atomic E-state index is 11.0. The number of azo groups is 2. The Morgan fingerprint density at radius 1 is 0.643 bits per heavy atom. The van der Waals surface area contributed by atoms with Gasteiger partial charge < -0.3 is 10.2 Å².